The number of aliphatic hydroxyl groups is 2. The Kier molecular flexibility index (Phi) is 4.93. The molecule has 1 aromatic rings. The van der Waals surface area contributed by atoms with E-state index in [1.807, 2.05) is 25.1 Å². The van der Waals surface area contributed by atoms with Crippen LogP contribution in [0.25, 0.3) is 0 Å². The van der Waals surface area contributed by atoms with Crippen molar-refractivity contribution in [3.63, 3.8) is 0 Å². The van der Waals surface area contributed by atoms with Gasteiger partial charge in [-0.25, -0.2) is 0 Å². The van der Waals surface area contributed by atoms with Gasteiger partial charge in [0.15, 0.2) is 0 Å². The van der Waals surface area contributed by atoms with Crippen molar-refractivity contribution in [1.82, 2.24) is 4.98 Å². The van der Waals surface area contributed by atoms with Gasteiger partial charge in [-0.1, -0.05) is 6.07 Å². The van der Waals surface area contributed by atoms with Gasteiger partial charge in [0, 0.05) is 17.2 Å². The highest BCUT2D eigenvalue weighted by Crippen LogP contribution is 2.11. The lowest BCUT2D eigenvalue weighted by atomic mass is 10.3. The summed E-state index contributed by atoms with van der Waals surface area (Å²) in [5, 5.41) is 17.7. The summed E-state index contributed by atoms with van der Waals surface area (Å²) in [6.07, 6.45) is -0.621. The van der Waals surface area contributed by atoms with Crippen LogP contribution in [0.15, 0.2) is 18.2 Å². The zero-order chi connectivity index (χ0) is 10.4. The smallest absolute Gasteiger partial charge is 0.0861 e. The molecule has 3 nitrogen and oxygen atoms in total. The van der Waals surface area contributed by atoms with Gasteiger partial charge in [0.1, 0.15) is 0 Å². The molecule has 0 aliphatic carbocycles. The van der Waals surface area contributed by atoms with Crippen molar-refractivity contribution >= 4 is 11.8 Å². The molecule has 0 bridgehead atoms. The van der Waals surface area contributed by atoms with Crippen molar-refractivity contribution in [3.05, 3.63) is 29.6 Å². The van der Waals surface area contributed by atoms with Crippen molar-refractivity contribution < 1.29 is 10.2 Å². The molecule has 4 heteroatoms. The topological polar surface area (TPSA) is 53.4 Å². The molecule has 78 valence electrons. The summed E-state index contributed by atoms with van der Waals surface area (Å²) in [4.78, 5) is 4.33. The van der Waals surface area contributed by atoms with E-state index >= 15 is 0 Å². The highest BCUT2D eigenvalue weighted by Gasteiger charge is 2.02. The number of aryl methyl sites for hydroxylation is 1. The number of nitrogens with zero attached hydrogens (tertiary/aromatic N) is 1. The van der Waals surface area contributed by atoms with E-state index in [1.165, 1.54) is 0 Å². The molecule has 1 atom stereocenters. The molecule has 0 spiro atoms. The molecule has 0 aliphatic heterocycles. The standard InChI is InChI=1S/C10H15NO2S/c1-8-3-2-4-9(11-8)6-14-7-10(13)5-12/h2-4,10,12-13H,5-7H2,1H3. The largest absolute Gasteiger partial charge is 0.394 e. The molecule has 2 N–H and O–H groups in total. The number of rotatable bonds is 5. The third-order valence-corrected chi connectivity index (χ3v) is 2.84. The summed E-state index contributed by atoms with van der Waals surface area (Å²) in [6.45, 7) is 1.78. The van der Waals surface area contributed by atoms with Gasteiger partial charge in [-0.05, 0) is 19.1 Å². The first-order valence-electron chi connectivity index (χ1n) is 4.51. The van der Waals surface area contributed by atoms with Crippen LogP contribution in [0.1, 0.15) is 11.4 Å². The first kappa shape index (κ1) is 11.5. The van der Waals surface area contributed by atoms with Crippen LogP contribution in [0, 0.1) is 6.92 Å². The second kappa shape index (κ2) is 6.01. The molecule has 0 radical (unpaired) electrons. The maximum absolute atomic E-state index is 9.10. The van der Waals surface area contributed by atoms with Gasteiger partial charge >= 0.3 is 0 Å². The molecule has 0 saturated heterocycles. The molecule has 14 heavy (non-hydrogen) atoms. The number of aromatic nitrogens is 1. The Morgan fingerprint density at radius 1 is 1.50 bits per heavy atom. The molecule has 0 saturated carbocycles. The Balaban J connectivity index is 2.31. The van der Waals surface area contributed by atoms with Gasteiger partial charge in [0.2, 0.25) is 0 Å². The Labute approximate surface area is 88.2 Å². The van der Waals surface area contributed by atoms with Crippen molar-refractivity contribution in [2.75, 3.05) is 12.4 Å². The van der Waals surface area contributed by atoms with Crippen molar-refractivity contribution in [1.29, 1.82) is 0 Å². The predicted octanol–water partition coefficient (Wildman–Crippen LogP) is 0.976. The molecular weight excluding hydrogens is 198 g/mol. The first-order chi connectivity index (χ1) is 6.72. The lowest BCUT2D eigenvalue weighted by Crippen LogP contribution is -2.14. The van der Waals surface area contributed by atoms with Crippen molar-refractivity contribution in [3.8, 4) is 0 Å². The van der Waals surface area contributed by atoms with Crippen LogP contribution in [0.5, 0.6) is 0 Å². The van der Waals surface area contributed by atoms with Crippen molar-refractivity contribution in [2.45, 2.75) is 18.8 Å². The van der Waals surface area contributed by atoms with Crippen LogP contribution in [-0.4, -0.2) is 33.7 Å². The van der Waals surface area contributed by atoms with Gasteiger partial charge in [-0.15, -0.1) is 0 Å². The lowest BCUT2D eigenvalue weighted by Gasteiger charge is -2.06. The van der Waals surface area contributed by atoms with E-state index in [0.29, 0.717) is 5.75 Å². The molecule has 1 unspecified atom stereocenters. The zero-order valence-corrected chi connectivity index (χ0v) is 9.00. The lowest BCUT2D eigenvalue weighted by molar-refractivity contribution is 0.113. The Bertz CT molecular complexity index is 281. The van der Waals surface area contributed by atoms with Crippen LogP contribution in [0.3, 0.4) is 0 Å². The van der Waals surface area contributed by atoms with Gasteiger partial charge in [-0.2, -0.15) is 11.8 Å². The third-order valence-electron chi connectivity index (χ3n) is 1.72. The average molecular weight is 213 g/mol. The normalized spacial score (nSPS) is 12.8. The fourth-order valence-electron chi connectivity index (χ4n) is 1.03. The summed E-state index contributed by atoms with van der Waals surface area (Å²) < 4.78 is 0. The maximum atomic E-state index is 9.10. The third kappa shape index (κ3) is 4.09. The highest BCUT2D eigenvalue weighted by molar-refractivity contribution is 7.98. The summed E-state index contributed by atoms with van der Waals surface area (Å²) in [7, 11) is 0. The zero-order valence-electron chi connectivity index (χ0n) is 8.18. The van der Waals surface area contributed by atoms with Gasteiger partial charge < -0.3 is 10.2 Å². The second-order valence-corrected chi connectivity index (χ2v) is 4.15. The van der Waals surface area contributed by atoms with E-state index in [1.54, 1.807) is 11.8 Å². The van der Waals surface area contributed by atoms with Gasteiger partial charge in [-0.3, -0.25) is 4.98 Å². The number of hydrogen-bond acceptors (Lipinski definition) is 4. The number of aliphatic hydroxyl groups excluding tert-OH is 2. The molecule has 1 heterocycles. The Morgan fingerprint density at radius 3 is 2.93 bits per heavy atom. The summed E-state index contributed by atoms with van der Waals surface area (Å²) >= 11 is 1.58. The highest BCUT2D eigenvalue weighted by atomic mass is 32.2. The minimum atomic E-state index is -0.621. The second-order valence-electron chi connectivity index (χ2n) is 3.12. The van der Waals surface area contributed by atoms with E-state index in [-0.39, 0.29) is 6.61 Å². The SMILES string of the molecule is Cc1cccc(CSCC(O)CO)n1. The minimum Gasteiger partial charge on any atom is -0.394 e. The van der Waals surface area contributed by atoms with Crippen LogP contribution >= 0.6 is 11.8 Å². The van der Waals surface area contributed by atoms with E-state index in [2.05, 4.69) is 4.98 Å². The van der Waals surface area contributed by atoms with E-state index in [4.69, 9.17) is 10.2 Å². The predicted molar refractivity (Wildman–Crippen MR) is 58.2 cm³/mol. The molecule has 0 aliphatic rings. The first-order valence-corrected chi connectivity index (χ1v) is 5.67. The van der Waals surface area contributed by atoms with E-state index < -0.39 is 6.10 Å². The Hall–Kier alpha value is -0.580. The molecule has 0 fully saturated rings. The summed E-state index contributed by atoms with van der Waals surface area (Å²) in [5.41, 5.74) is 2.02. The van der Waals surface area contributed by atoms with Crippen molar-refractivity contribution in [2.24, 2.45) is 0 Å². The number of pyridine rings is 1. The van der Waals surface area contributed by atoms with E-state index in [9.17, 15) is 0 Å². The molecule has 1 rings (SSSR count). The Morgan fingerprint density at radius 2 is 2.29 bits per heavy atom. The molecular formula is C10H15NO2S. The monoisotopic (exact) mass is 213 g/mol. The maximum Gasteiger partial charge on any atom is 0.0861 e. The number of thioether (sulfide) groups is 1. The number of hydrogen-bond donors (Lipinski definition) is 2. The van der Waals surface area contributed by atoms with Crippen LogP contribution in [0.2, 0.25) is 0 Å². The summed E-state index contributed by atoms with van der Waals surface area (Å²) in [5.74, 6) is 1.32. The average Bonchev–Trinajstić information content (AvgIpc) is 2.17. The van der Waals surface area contributed by atoms with Gasteiger partial charge in [0.25, 0.3) is 0 Å². The molecule has 0 aromatic carbocycles. The summed E-state index contributed by atoms with van der Waals surface area (Å²) in [6, 6.07) is 5.89. The van der Waals surface area contributed by atoms with Gasteiger partial charge in [0.05, 0.1) is 18.4 Å². The van der Waals surface area contributed by atoms with Crippen LogP contribution in [-0.2, 0) is 5.75 Å². The molecule has 0 amide bonds. The fraction of sp³-hybridized carbons (Fsp3) is 0.500. The minimum absolute atomic E-state index is 0.172. The molecule has 1 aromatic heterocycles. The van der Waals surface area contributed by atoms with Crippen LogP contribution < -0.4 is 0 Å². The van der Waals surface area contributed by atoms with Crippen LogP contribution in [0.4, 0.5) is 0 Å². The van der Waals surface area contributed by atoms with E-state index in [0.717, 1.165) is 17.1 Å². The fourth-order valence-corrected chi connectivity index (χ4v) is 1.90. The quantitative estimate of drug-likeness (QED) is 0.765.